The van der Waals surface area contributed by atoms with E-state index in [1.54, 1.807) is 18.2 Å². The van der Waals surface area contributed by atoms with E-state index in [4.69, 9.17) is 4.74 Å². The Bertz CT molecular complexity index is 870. The molecule has 7 heteroatoms. The van der Waals surface area contributed by atoms with Crippen LogP contribution in [0.5, 0.6) is 5.75 Å². The first-order valence-corrected chi connectivity index (χ1v) is 11.2. The van der Waals surface area contributed by atoms with E-state index in [9.17, 15) is 18.0 Å². The molecule has 0 aliphatic carbocycles. The van der Waals surface area contributed by atoms with Crippen LogP contribution >= 0.6 is 0 Å². The van der Waals surface area contributed by atoms with Gasteiger partial charge in [-0.05, 0) is 11.8 Å². The van der Waals surface area contributed by atoms with Gasteiger partial charge in [-0.3, -0.25) is 10.2 Å². The van der Waals surface area contributed by atoms with Gasteiger partial charge in [-0.25, -0.2) is 5.01 Å². The van der Waals surface area contributed by atoms with Crippen LogP contribution in [0.4, 0.5) is 13.2 Å². The smallest absolute Gasteiger partial charge is 0.410 e. The van der Waals surface area contributed by atoms with Crippen molar-refractivity contribution in [1.29, 1.82) is 0 Å². The fourth-order valence-corrected chi connectivity index (χ4v) is 4.08. The summed E-state index contributed by atoms with van der Waals surface area (Å²) in [4.78, 5) is 11.6. The Labute approximate surface area is 181 Å². The second-order valence-corrected chi connectivity index (χ2v) is 8.10. The minimum Gasteiger partial charge on any atom is -0.493 e. The number of hydrogen-bond acceptors (Lipinski definition) is 3. The summed E-state index contributed by atoms with van der Waals surface area (Å²) in [6.45, 7) is 2.55. The third-order valence-electron chi connectivity index (χ3n) is 5.67. The maximum Gasteiger partial charge on any atom is 0.410 e. The molecule has 1 heterocycles. The van der Waals surface area contributed by atoms with Crippen molar-refractivity contribution in [3.05, 3.63) is 42.0 Å². The standard InChI is InChI=1S/C24H31F3N2O2/c1-2-3-4-5-6-7-10-17-31-22-19-12-9-8-11-18(19)13-14-20(22)23(24(25,26)27)29-16-15-21(30)28-29/h8-9,11-14,23H,2-7,10,15-17H2,1H3,(H,28,30). The van der Waals surface area contributed by atoms with Crippen molar-refractivity contribution in [3.8, 4) is 5.75 Å². The number of nitrogens with one attached hydrogen (secondary N) is 1. The molecular formula is C24H31F3N2O2. The van der Waals surface area contributed by atoms with E-state index in [0.29, 0.717) is 12.0 Å². The lowest BCUT2D eigenvalue weighted by Gasteiger charge is -2.31. The van der Waals surface area contributed by atoms with Gasteiger partial charge in [-0.15, -0.1) is 0 Å². The minimum absolute atomic E-state index is 0.00698. The van der Waals surface area contributed by atoms with Gasteiger partial charge in [0.2, 0.25) is 5.91 Å². The van der Waals surface area contributed by atoms with Crippen molar-refractivity contribution in [2.24, 2.45) is 0 Å². The zero-order chi connectivity index (χ0) is 22.3. The third kappa shape index (κ3) is 6.12. The molecular weight excluding hydrogens is 405 g/mol. The molecule has 1 atom stereocenters. The largest absolute Gasteiger partial charge is 0.493 e. The van der Waals surface area contributed by atoms with Gasteiger partial charge in [0.05, 0.1) is 6.61 Å². The molecule has 1 saturated heterocycles. The Balaban J connectivity index is 1.81. The first-order chi connectivity index (χ1) is 14.9. The van der Waals surface area contributed by atoms with E-state index in [1.165, 1.54) is 31.7 Å². The average Bonchev–Trinajstić information content (AvgIpc) is 3.15. The number of hydrogen-bond donors (Lipinski definition) is 1. The summed E-state index contributed by atoms with van der Waals surface area (Å²) in [6, 6.07) is 8.51. The van der Waals surface area contributed by atoms with Gasteiger partial charge < -0.3 is 4.74 Å². The van der Waals surface area contributed by atoms with Crippen LogP contribution in [0, 0.1) is 0 Å². The van der Waals surface area contributed by atoms with Crippen molar-refractivity contribution in [1.82, 2.24) is 10.4 Å². The zero-order valence-corrected chi connectivity index (χ0v) is 18.0. The normalized spacial score (nSPS) is 15.9. The number of hydrazine groups is 1. The number of rotatable bonds is 11. The van der Waals surface area contributed by atoms with Gasteiger partial charge in [-0.1, -0.05) is 81.8 Å². The van der Waals surface area contributed by atoms with Crippen molar-refractivity contribution in [2.75, 3.05) is 13.2 Å². The molecule has 1 unspecified atom stereocenters. The highest BCUT2D eigenvalue weighted by Crippen LogP contribution is 2.44. The summed E-state index contributed by atoms with van der Waals surface area (Å²) in [5, 5.41) is 2.46. The topological polar surface area (TPSA) is 41.6 Å². The molecule has 0 radical (unpaired) electrons. The Hall–Kier alpha value is -2.28. The number of halogens is 3. The van der Waals surface area contributed by atoms with Crippen LogP contribution in [0.1, 0.15) is 69.9 Å². The summed E-state index contributed by atoms with van der Waals surface area (Å²) in [5.74, 6) is -0.145. The van der Waals surface area contributed by atoms with Crippen LogP contribution in [0.25, 0.3) is 10.8 Å². The average molecular weight is 437 g/mol. The number of carbonyl (C=O) groups excluding carboxylic acids is 1. The molecule has 170 valence electrons. The first-order valence-electron chi connectivity index (χ1n) is 11.2. The van der Waals surface area contributed by atoms with E-state index in [2.05, 4.69) is 12.3 Å². The van der Waals surface area contributed by atoms with E-state index in [0.717, 1.165) is 29.7 Å². The van der Waals surface area contributed by atoms with E-state index < -0.39 is 18.1 Å². The van der Waals surface area contributed by atoms with Crippen molar-refractivity contribution >= 4 is 16.7 Å². The molecule has 0 bridgehead atoms. The highest BCUT2D eigenvalue weighted by atomic mass is 19.4. The highest BCUT2D eigenvalue weighted by Gasteiger charge is 2.48. The number of carbonyl (C=O) groups is 1. The monoisotopic (exact) mass is 436 g/mol. The fourth-order valence-electron chi connectivity index (χ4n) is 4.08. The number of benzene rings is 2. The van der Waals surface area contributed by atoms with E-state index in [1.807, 2.05) is 12.1 Å². The van der Waals surface area contributed by atoms with Crippen LogP contribution in [-0.2, 0) is 4.79 Å². The van der Waals surface area contributed by atoms with Crippen LogP contribution in [0.3, 0.4) is 0 Å². The Morgan fingerprint density at radius 3 is 2.42 bits per heavy atom. The number of amides is 1. The maximum atomic E-state index is 14.1. The van der Waals surface area contributed by atoms with Crippen molar-refractivity contribution < 1.29 is 22.7 Å². The van der Waals surface area contributed by atoms with Crippen molar-refractivity contribution in [2.45, 2.75) is 70.5 Å². The molecule has 2 aromatic rings. The van der Waals surface area contributed by atoms with Crippen LogP contribution < -0.4 is 10.2 Å². The first kappa shape index (κ1) is 23.4. The maximum absolute atomic E-state index is 14.1. The van der Waals surface area contributed by atoms with Gasteiger partial charge in [0.25, 0.3) is 0 Å². The molecule has 31 heavy (non-hydrogen) atoms. The Kier molecular flexibility index (Phi) is 8.18. The second-order valence-electron chi connectivity index (χ2n) is 8.10. The lowest BCUT2D eigenvalue weighted by Crippen LogP contribution is -2.43. The predicted molar refractivity (Wildman–Crippen MR) is 116 cm³/mol. The quantitative estimate of drug-likeness (QED) is 0.420. The minimum atomic E-state index is -4.56. The lowest BCUT2D eigenvalue weighted by molar-refractivity contribution is -0.191. The number of unbranched alkanes of at least 4 members (excludes halogenated alkanes) is 6. The zero-order valence-electron chi connectivity index (χ0n) is 18.0. The van der Waals surface area contributed by atoms with Crippen LogP contribution in [0.15, 0.2) is 36.4 Å². The number of alkyl halides is 3. The van der Waals surface area contributed by atoms with Gasteiger partial charge in [0.1, 0.15) is 5.75 Å². The fraction of sp³-hybridized carbons (Fsp3) is 0.542. The summed E-state index contributed by atoms with van der Waals surface area (Å²) in [7, 11) is 0. The summed E-state index contributed by atoms with van der Waals surface area (Å²) in [5.41, 5.74) is 2.39. The van der Waals surface area contributed by atoms with Gasteiger partial charge in [0, 0.05) is 23.9 Å². The highest BCUT2D eigenvalue weighted by molar-refractivity contribution is 5.90. The van der Waals surface area contributed by atoms with Crippen molar-refractivity contribution in [3.63, 3.8) is 0 Å². The molecule has 1 aliphatic heterocycles. The molecule has 3 rings (SSSR count). The van der Waals surface area contributed by atoms with Crippen LogP contribution in [-0.4, -0.2) is 30.2 Å². The Morgan fingerprint density at radius 1 is 1.03 bits per heavy atom. The SMILES string of the molecule is CCCCCCCCCOc1c(C(N2CCC(=O)N2)C(F)(F)F)ccc2ccccc12. The molecule has 1 amide bonds. The molecule has 1 aliphatic rings. The molecule has 1 fully saturated rings. The van der Waals surface area contributed by atoms with E-state index >= 15 is 0 Å². The van der Waals surface area contributed by atoms with Gasteiger partial charge in [-0.2, -0.15) is 13.2 Å². The Morgan fingerprint density at radius 2 is 1.74 bits per heavy atom. The number of nitrogens with zero attached hydrogens (tertiary/aromatic N) is 1. The second kappa shape index (κ2) is 10.8. The molecule has 0 aromatic heterocycles. The lowest BCUT2D eigenvalue weighted by atomic mass is 9.99. The molecule has 2 aromatic carbocycles. The molecule has 1 N–H and O–H groups in total. The summed E-state index contributed by atoms with van der Waals surface area (Å²) in [6.07, 6.45) is 3.23. The molecule has 4 nitrogen and oxygen atoms in total. The number of ether oxygens (including phenoxy) is 1. The summed E-state index contributed by atoms with van der Waals surface area (Å²) < 4.78 is 48.3. The third-order valence-corrected chi connectivity index (χ3v) is 5.67. The van der Waals surface area contributed by atoms with Crippen LogP contribution in [0.2, 0.25) is 0 Å². The van der Waals surface area contributed by atoms with Gasteiger partial charge >= 0.3 is 6.18 Å². The van der Waals surface area contributed by atoms with Gasteiger partial charge in [0.15, 0.2) is 6.04 Å². The molecule has 0 spiro atoms. The van der Waals surface area contributed by atoms with E-state index in [-0.39, 0.29) is 24.3 Å². The predicted octanol–water partition coefficient (Wildman–Crippen LogP) is 6.31. The number of fused-ring (bicyclic) bond motifs is 1. The summed E-state index contributed by atoms with van der Waals surface area (Å²) >= 11 is 0. The molecule has 0 saturated carbocycles.